The summed E-state index contributed by atoms with van der Waals surface area (Å²) in [6.07, 6.45) is 1.91. The van der Waals surface area contributed by atoms with Crippen LogP contribution >= 0.6 is 0 Å². The molecule has 1 heterocycles. The quantitative estimate of drug-likeness (QED) is 0.767. The summed E-state index contributed by atoms with van der Waals surface area (Å²) >= 11 is 0. The molecule has 1 aliphatic rings. The number of carbonyl (C=O) groups is 1. The third kappa shape index (κ3) is 4.71. The van der Waals surface area contributed by atoms with E-state index >= 15 is 0 Å². The molecule has 0 aliphatic carbocycles. The molecule has 0 radical (unpaired) electrons. The first kappa shape index (κ1) is 15.8. The first-order valence-corrected chi connectivity index (χ1v) is 8.77. The molecule has 1 aromatic carbocycles. The van der Waals surface area contributed by atoms with Gasteiger partial charge in [-0.1, -0.05) is 0 Å². The van der Waals surface area contributed by atoms with Crippen molar-refractivity contribution in [2.75, 3.05) is 28.9 Å². The lowest BCUT2D eigenvalue weighted by Crippen LogP contribution is -2.37. The van der Waals surface area contributed by atoms with Crippen molar-refractivity contribution in [1.82, 2.24) is 5.32 Å². The van der Waals surface area contributed by atoms with Gasteiger partial charge in [0.15, 0.2) is 0 Å². The molecular formula is C14H21N3O3S. The Balaban J connectivity index is 1.94. The van der Waals surface area contributed by atoms with Gasteiger partial charge in [-0.3, -0.25) is 9.52 Å². The number of hydrogen-bond donors (Lipinski definition) is 3. The Kier molecular flexibility index (Phi) is 5.19. The van der Waals surface area contributed by atoms with Crippen molar-refractivity contribution >= 4 is 27.3 Å². The van der Waals surface area contributed by atoms with Crippen LogP contribution in [-0.4, -0.2) is 33.2 Å². The van der Waals surface area contributed by atoms with Crippen LogP contribution in [0.5, 0.6) is 0 Å². The van der Waals surface area contributed by atoms with E-state index in [1.54, 1.807) is 31.2 Å². The zero-order valence-corrected chi connectivity index (χ0v) is 12.9. The number of amides is 1. The van der Waals surface area contributed by atoms with Gasteiger partial charge in [-0.25, -0.2) is 8.42 Å². The van der Waals surface area contributed by atoms with Gasteiger partial charge in [-0.05, 0) is 50.6 Å². The van der Waals surface area contributed by atoms with Gasteiger partial charge in [0.25, 0.3) is 0 Å². The minimum Gasteiger partial charge on any atom is -0.326 e. The molecule has 0 saturated carbocycles. The minimum absolute atomic E-state index is 0.00276. The number of carbonyl (C=O) groups excluding carboxylic acids is 1. The molecule has 1 fully saturated rings. The average molecular weight is 311 g/mol. The third-order valence-corrected chi connectivity index (χ3v) is 4.78. The maximum atomic E-state index is 12.1. The molecule has 0 spiro atoms. The van der Waals surface area contributed by atoms with Crippen LogP contribution in [0.4, 0.5) is 11.4 Å². The Bertz CT molecular complexity index is 578. The lowest BCUT2D eigenvalue weighted by Gasteiger charge is -2.21. The lowest BCUT2D eigenvalue weighted by molar-refractivity contribution is -0.120. The molecule has 6 nitrogen and oxygen atoms in total. The highest BCUT2D eigenvalue weighted by Gasteiger charge is 2.20. The van der Waals surface area contributed by atoms with E-state index in [-0.39, 0.29) is 17.6 Å². The first-order chi connectivity index (χ1) is 10.00. The van der Waals surface area contributed by atoms with Gasteiger partial charge < -0.3 is 10.6 Å². The van der Waals surface area contributed by atoms with Gasteiger partial charge in [0.05, 0.1) is 11.7 Å². The zero-order valence-electron chi connectivity index (χ0n) is 12.1. The van der Waals surface area contributed by atoms with Crippen molar-refractivity contribution in [3.63, 3.8) is 0 Å². The molecule has 1 saturated heterocycles. The molecule has 7 heteroatoms. The molecule has 1 atom stereocenters. The fourth-order valence-corrected chi connectivity index (χ4v) is 2.83. The van der Waals surface area contributed by atoms with Crippen LogP contribution in [-0.2, 0) is 14.8 Å². The van der Waals surface area contributed by atoms with Gasteiger partial charge >= 0.3 is 0 Å². The fraction of sp³-hybridized carbons (Fsp3) is 0.500. The van der Waals surface area contributed by atoms with Crippen LogP contribution < -0.4 is 15.4 Å². The topological polar surface area (TPSA) is 87.3 Å². The van der Waals surface area contributed by atoms with E-state index in [1.807, 2.05) is 0 Å². The molecular weight excluding hydrogens is 290 g/mol. The molecule has 1 aliphatic heterocycles. The van der Waals surface area contributed by atoms with Gasteiger partial charge in [-0.15, -0.1) is 0 Å². The van der Waals surface area contributed by atoms with Gasteiger partial charge in [0.1, 0.15) is 0 Å². The molecule has 3 N–H and O–H groups in total. The largest absolute Gasteiger partial charge is 0.326 e. The predicted molar refractivity (Wildman–Crippen MR) is 83.7 cm³/mol. The molecule has 2 rings (SSSR count). The number of benzene rings is 1. The second-order valence-electron chi connectivity index (χ2n) is 5.12. The Labute approximate surface area is 125 Å². The van der Waals surface area contributed by atoms with Crippen LogP contribution in [0.1, 0.15) is 19.8 Å². The Morgan fingerprint density at radius 2 is 1.95 bits per heavy atom. The maximum Gasteiger partial charge on any atom is 0.232 e. The molecule has 21 heavy (non-hydrogen) atoms. The van der Waals surface area contributed by atoms with Gasteiger partial charge in [-0.2, -0.15) is 0 Å². The number of anilines is 2. The first-order valence-electron chi connectivity index (χ1n) is 7.12. The van der Waals surface area contributed by atoms with Crippen LogP contribution in [0, 0.1) is 5.92 Å². The van der Waals surface area contributed by atoms with Crippen LogP contribution in [0.15, 0.2) is 24.3 Å². The molecule has 116 valence electrons. The number of piperidine rings is 1. The minimum atomic E-state index is -3.27. The fourth-order valence-electron chi connectivity index (χ4n) is 2.19. The number of sulfonamides is 1. The van der Waals surface area contributed by atoms with Gasteiger partial charge in [0.2, 0.25) is 15.9 Å². The van der Waals surface area contributed by atoms with Crippen molar-refractivity contribution < 1.29 is 13.2 Å². The number of nitrogens with one attached hydrogen (secondary N) is 3. The Morgan fingerprint density at radius 3 is 2.52 bits per heavy atom. The van der Waals surface area contributed by atoms with Crippen LogP contribution in [0.2, 0.25) is 0 Å². The molecule has 1 amide bonds. The highest BCUT2D eigenvalue weighted by Crippen LogP contribution is 2.17. The summed E-state index contributed by atoms with van der Waals surface area (Å²) in [4.78, 5) is 12.1. The van der Waals surface area contributed by atoms with Crippen molar-refractivity contribution in [2.45, 2.75) is 19.8 Å². The summed E-state index contributed by atoms with van der Waals surface area (Å²) in [6.45, 7) is 3.26. The van der Waals surface area contributed by atoms with E-state index in [0.717, 1.165) is 19.4 Å². The highest BCUT2D eigenvalue weighted by molar-refractivity contribution is 7.92. The standard InChI is InChI=1S/C14H21N3O3S/c1-2-21(19,20)17-13-7-5-12(6-8-13)16-14(18)11-4-3-9-15-10-11/h5-8,11,15,17H,2-4,9-10H2,1H3,(H,16,18)/t11-/m1/s1. The van der Waals surface area contributed by atoms with Crippen LogP contribution in [0.25, 0.3) is 0 Å². The maximum absolute atomic E-state index is 12.1. The second kappa shape index (κ2) is 6.91. The summed E-state index contributed by atoms with van der Waals surface area (Å²) in [6, 6.07) is 6.67. The Hall–Kier alpha value is -1.60. The van der Waals surface area contributed by atoms with Crippen LogP contribution in [0.3, 0.4) is 0 Å². The normalized spacial score (nSPS) is 19.0. The van der Waals surface area contributed by atoms with Crippen molar-refractivity contribution in [1.29, 1.82) is 0 Å². The van der Waals surface area contributed by atoms with Crippen molar-refractivity contribution in [3.05, 3.63) is 24.3 Å². The molecule has 0 unspecified atom stereocenters. The SMILES string of the molecule is CCS(=O)(=O)Nc1ccc(NC(=O)[C@@H]2CCCNC2)cc1. The van der Waals surface area contributed by atoms with E-state index in [1.165, 1.54) is 0 Å². The molecule has 0 aromatic heterocycles. The monoisotopic (exact) mass is 311 g/mol. The lowest BCUT2D eigenvalue weighted by atomic mass is 9.99. The molecule has 0 bridgehead atoms. The van der Waals surface area contributed by atoms with E-state index in [4.69, 9.17) is 0 Å². The second-order valence-corrected chi connectivity index (χ2v) is 7.13. The van der Waals surface area contributed by atoms with Gasteiger partial charge in [0, 0.05) is 17.9 Å². The number of hydrogen-bond acceptors (Lipinski definition) is 4. The predicted octanol–water partition coefficient (Wildman–Crippen LogP) is 1.39. The van der Waals surface area contributed by atoms with E-state index in [9.17, 15) is 13.2 Å². The zero-order chi connectivity index (χ0) is 15.3. The summed E-state index contributed by atoms with van der Waals surface area (Å²) < 4.78 is 25.4. The van der Waals surface area contributed by atoms with Crippen molar-refractivity contribution in [2.24, 2.45) is 5.92 Å². The molecule has 1 aromatic rings. The van der Waals surface area contributed by atoms with E-state index < -0.39 is 10.0 Å². The number of rotatable bonds is 5. The average Bonchev–Trinajstić information content (AvgIpc) is 2.50. The Morgan fingerprint density at radius 1 is 1.29 bits per heavy atom. The summed E-state index contributed by atoms with van der Waals surface area (Å²) in [5.74, 6) is 0.0290. The summed E-state index contributed by atoms with van der Waals surface area (Å²) in [7, 11) is -3.27. The summed E-state index contributed by atoms with van der Waals surface area (Å²) in [5.41, 5.74) is 1.17. The van der Waals surface area contributed by atoms with E-state index in [0.29, 0.717) is 17.9 Å². The van der Waals surface area contributed by atoms with E-state index in [2.05, 4.69) is 15.4 Å². The smallest absolute Gasteiger partial charge is 0.232 e. The highest BCUT2D eigenvalue weighted by atomic mass is 32.2. The summed E-state index contributed by atoms with van der Waals surface area (Å²) in [5, 5.41) is 6.06. The third-order valence-electron chi connectivity index (χ3n) is 3.47. The van der Waals surface area contributed by atoms with Crippen molar-refractivity contribution in [3.8, 4) is 0 Å².